The SMILES string of the molecule is CCCCOc1ccc(C(C)C)cc1S(=O)(=O)O. The lowest BCUT2D eigenvalue weighted by molar-refractivity contribution is 0.300. The molecule has 0 aliphatic heterocycles. The molecule has 1 rings (SSSR count). The topological polar surface area (TPSA) is 63.6 Å². The number of hydrogen-bond donors (Lipinski definition) is 1. The summed E-state index contributed by atoms with van der Waals surface area (Å²) < 4.78 is 37.3. The van der Waals surface area contributed by atoms with Crippen LogP contribution in [0.25, 0.3) is 0 Å². The van der Waals surface area contributed by atoms with Crippen LogP contribution in [0.1, 0.15) is 45.1 Å². The number of hydrogen-bond acceptors (Lipinski definition) is 3. The smallest absolute Gasteiger partial charge is 0.298 e. The number of ether oxygens (including phenoxy) is 1. The van der Waals surface area contributed by atoms with Crippen molar-refractivity contribution in [2.75, 3.05) is 6.61 Å². The van der Waals surface area contributed by atoms with Gasteiger partial charge in [-0.3, -0.25) is 4.55 Å². The molecule has 1 aromatic carbocycles. The average molecular weight is 272 g/mol. The second-order valence-electron chi connectivity index (χ2n) is 4.54. The minimum absolute atomic E-state index is 0.148. The molecule has 1 aromatic rings. The number of benzene rings is 1. The van der Waals surface area contributed by atoms with Crippen LogP contribution in [-0.2, 0) is 10.1 Å². The molecular formula is C13H20O4S. The van der Waals surface area contributed by atoms with Crippen LogP contribution >= 0.6 is 0 Å². The highest BCUT2D eigenvalue weighted by Crippen LogP contribution is 2.28. The predicted octanol–water partition coefficient (Wildman–Crippen LogP) is 3.24. The van der Waals surface area contributed by atoms with Gasteiger partial charge in [-0.2, -0.15) is 8.42 Å². The Labute approximate surface area is 109 Å². The number of unbranched alkanes of at least 4 members (excludes halogenated alkanes) is 1. The van der Waals surface area contributed by atoms with E-state index < -0.39 is 10.1 Å². The standard InChI is InChI=1S/C13H20O4S/c1-4-5-8-17-12-7-6-11(10(2)3)9-13(12)18(14,15)16/h6-7,9-10H,4-5,8H2,1-3H3,(H,14,15,16). The van der Waals surface area contributed by atoms with Crippen molar-refractivity contribution in [2.24, 2.45) is 0 Å². The average Bonchev–Trinajstić information content (AvgIpc) is 2.28. The first-order valence-corrected chi connectivity index (χ1v) is 7.54. The van der Waals surface area contributed by atoms with Crippen LogP contribution in [0.4, 0.5) is 0 Å². The van der Waals surface area contributed by atoms with Crippen LogP contribution in [0.3, 0.4) is 0 Å². The van der Waals surface area contributed by atoms with E-state index in [1.54, 1.807) is 6.07 Å². The monoisotopic (exact) mass is 272 g/mol. The first kappa shape index (κ1) is 15.0. The van der Waals surface area contributed by atoms with Crippen molar-refractivity contribution in [2.45, 2.75) is 44.4 Å². The lowest BCUT2D eigenvalue weighted by Crippen LogP contribution is -2.06. The van der Waals surface area contributed by atoms with Crippen molar-refractivity contribution in [1.82, 2.24) is 0 Å². The quantitative estimate of drug-likeness (QED) is 0.638. The van der Waals surface area contributed by atoms with Crippen molar-refractivity contribution < 1.29 is 17.7 Å². The zero-order valence-corrected chi connectivity index (χ0v) is 11.8. The molecule has 1 N–H and O–H groups in total. The maximum Gasteiger partial charge on any atom is 0.298 e. The first-order valence-electron chi connectivity index (χ1n) is 6.10. The van der Waals surface area contributed by atoms with Crippen LogP contribution < -0.4 is 4.74 Å². The summed E-state index contributed by atoms with van der Waals surface area (Å²) >= 11 is 0. The Bertz CT molecular complexity index is 492. The van der Waals surface area contributed by atoms with E-state index in [-0.39, 0.29) is 16.6 Å². The Morgan fingerprint density at radius 2 is 2.00 bits per heavy atom. The normalized spacial score (nSPS) is 11.8. The molecule has 0 heterocycles. The van der Waals surface area contributed by atoms with E-state index in [1.807, 2.05) is 26.8 Å². The summed E-state index contributed by atoms with van der Waals surface area (Å²) in [6.45, 7) is 6.39. The Kier molecular flexibility index (Phi) is 5.16. The highest BCUT2D eigenvalue weighted by Gasteiger charge is 2.18. The van der Waals surface area contributed by atoms with E-state index in [1.165, 1.54) is 6.07 Å². The molecule has 0 aromatic heterocycles. The first-order chi connectivity index (χ1) is 8.36. The molecule has 102 valence electrons. The van der Waals surface area contributed by atoms with Gasteiger partial charge in [0.2, 0.25) is 0 Å². The van der Waals surface area contributed by atoms with Gasteiger partial charge in [0, 0.05) is 0 Å². The van der Waals surface area contributed by atoms with Gasteiger partial charge in [0.25, 0.3) is 10.1 Å². The van der Waals surface area contributed by atoms with Gasteiger partial charge >= 0.3 is 0 Å². The summed E-state index contributed by atoms with van der Waals surface area (Å²) in [7, 11) is -4.25. The Hall–Kier alpha value is -1.07. The predicted molar refractivity (Wildman–Crippen MR) is 70.7 cm³/mol. The van der Waals surface area contributed by atoms with E-state index in [2.05, 4.69) is 0 Å². The van der Waals surface area contributed by atoms with Crippen LogP contribution in [0, 0.1) is 0 Å². The Morgan fingerprint density at radius 1 is 1.33 bits per heavy atom. The van der Waals surface area contributed by atoms with Crippen molar-refractivity contribution in [3.05, 3.63) is 23.8 Å². The van der Waals surface area contributed by atoms with Crippen LogP contribution in [-0.4, -0.2) is 19.6 Å². The molecule has 18 heavy (non-hydrogen) atoms. The zero-order chi connectivity index (χ0) is 13.8. The second kappa shape index (κ2) is 6.20. The largest absolute Gasteiger partial charge is 0.492 e. The molecule has 0 radical (unpaired) electrons. The molecule has 4 nitrogen and oxygen atoms in total. The Balaban J connectivity index is 3.10. The molecule has 0 bridgehead atoms. The minimum atomic E-state index is -4.25. The summed E-state index contributed by atoms with van der Waals surface area (Å²) in [5, 5.41) is 0. The van der Waals surface area contributed by atoms with Gasteiger partial charge < -0.3 is 4.74 Å². The fourth-order valence-electron chi connectivity index (χ4n) is 1.53. The fraction of sp³-hybridized carbons (Fsp3) is 0.538. The van der Waals surface area contributed by atoms with E-state index in [9.17, 15) is 13.0 Å². The van der Waals surface area contributed by atoms with E-state index in [0.29, 0.717) is 6.61 Å². The van der Waals surface area contributed by atoms with Crippen LogP contribution in [0.15, 0.2) is 23.1 Å². The van der Waals surface area contributed by atoms with Gasteiger partial charge in [-0.1, -0.05) is 33.3 Å². The third-order valence-corrected chi connectivity index (χ3v) is 3.54. The zero-order valence-electron chi connectivity index (χ0n) is 11.0. The van der Waals surface area contributed by atoms with Crippen LogP contribution in [0.2, 0.25) is 0 Å². The Morgan fingerprint density at radius 3 is 2.50 bits per heavy atom. The molecule has 0 aliphatic rings. The minimum Gasteiger partial charge on any atom is -0.492 e. The summed E-state index contributed by atoms with van der Waals surface area (Å²) in [5.41, 5.74) is 0.852. The van der Waals surface area contributed by atoms with E-state index in [4.69, 9.17) is 4.74 Å². The maximum absolute atomic E-state index is 11.3. The van der Waals surface area contributed by atoms with Crippen molar-refractivity contribution in [3.63, 3.8) is 0 Å². The molecule has 0 saturated carbocycles. The summed E-state index contributed by atoms with van der Waals surface area (Å²) in [6, 6.07) is 4.90. The van der Waals surface area contributed by atoms with Gasteiger partial charge in [0.15, 0.2) is 0 Å². The lowest BCUT2D eigenvalue weighted by atomic mass is 10.0. The second-order valence-corrected chi connectivity index (χ2v) is 5.93. The van der Waals surface area contributed by atoms with Gasteiger partial charge in [0.05, 0.1) is 6.61 Å². The molecule has 0 aliphatic carbocycles. The molecule has 0 fully saturated rings. The lowest BCUT2D eigenvalue weighted by Gasteiger charge is -2.12. The van der Waals surface area contributed by atoms with Gasteiger partial charge in [-0.25, -0.2) is 0 Å². The van der Waals surface area contributed by atoms with E-state index >= 15 is 0 Å². The molecule has 5 heteroatoms. The molecule has 0 saturated heterocycles. The van der Waals surface area contributed by atoms with Gasteiger partial charge in [0.1, 0.15) is 10.6 Å². The van der Waals surface area contributed by atoms with Crippen molar-refractivity contribution in [1.29, 1.82) is 0 Å². The summed E-state index contributed by atoms with van der Waals surface area (Å²) in [4.78, 5) is -0.148. The van der Waals surface area contributed by atoms with Crippen molar-refractivity contribution in [3.8, 4) is 5.75 Å². The fourth-order valence-corrected chi connectivity index (χ4v) is 2.20. The molecule has 0 amide bonds. The highest BCUT2D eigenvalue weighted by atomic mass is 32.2. The summed E-state index contributed by atoms with van der Waals surface area (Å²) in [6.07, 6.45) is 1.81. The third kappa shape index (κ3) is 3.99. The summed E-state index contributed by atoms with van der Waals surface area (Å²) in [5.74, 6) is 0.408. The van der Waals surface area contributed by atoms with E-state index in [0.717, 1.165) is 18.4 Å². The molecule has 0 spiro atoms. The van der Waals surface area contributed by atoms with Gasteiger partial charge in [-0.05, 0) is 30.0 Å². The van der Waals surface area contributed by atoms with Gasteiger partial charge in [-0.15, -0.1) is 0 Å². The maximum atomic E-state index is 11.3. The molecular weight excluding hydrogens is 252 g/mol. The van der Waals surface area contributed by atoms with Crippen molar-refractivity contribution >= 4 is 10.1 Å². The molecule has 0 unspecified atom stereocenters. The highest BCUT2D eigenvalue weighted by molar-refractivity contribution is 7.86. The third-order valence-electron chi connectivity index (χ3n) is 2.67. The number of rotatable bonds is 6. The van der Waals surface area contributed by atoms with Crippen LogP contribution in [0.5, 0.6) is 5.75 Å². The molecule has 0 atom stereocenters.